The Balaban J connectivity index is 2.82. The van der Waals surface area contributed by atoms with E-state index in [0.717, 1.165) is 10.0 Å². The van der Waals surface area contributed by atoms with Crippen LogP contribution in [0.15, 0.2) is 28.7 Å². The topological polar surface area (TPSA) is 37.3 Å². The molecule has 0 aliphatic heterocycles. The van der Waals surface area contributed by atoms with Crippen molar-refractivity contribution in [2.75, 3.05) is 0 Å². The first-order valence-electron chi connectivity index (χ1n) is 4.07. The van der Waals surface area contributed by atoms with Gasteiger partial charge in [0, 0.05) is 4.47 Å². The highest BCUT2D eigenvalue weighted by molar-refractivity contribution is 9.10. The minimum Gasteiger partial charge on any atom is -0.481 e. The van der Waals surface area contributed by atoms with Gasteiger partial charge in [-0.25, -0.2) is 0 Å². The highest BCUT2D eigenvalue weighted by Gasteiger charge is 2.11. The Morgan fingerprint density at radius 2 is 2.15 bits per heavy atom. The molecule has 0 aromatic heterocycles. The normalized spacial score (nSPS) is 12.5. The molecule has 0 aliphatic rings. The van der Waals surface area contributed by atoms with Gasteiger partial charge in [-0.15, -0.1) is 0 Å². The number of halogens is 1. The second-order valence-corrected chi connectivity index (χ2v) is 3.87. The summed E-state index contributed by atoms with van der Waals surface area (Å²) in [5, 5.41) is 8.62. The lowest BCUT2D eigenvalue weighted by molar-refractivity contribution is -0.137. The van der Waals surface area contributed by atoms with Gasteiger partial charge in [-0.2, -0.15) is 0 Å². The lowest BCUT2D eigenvalue weighted by Crippen LogP contribution is -2.03. The van der Waals surface area contributed by atoms with Crippen molar-refractivity contribution in [1.82, 2.24) is 0 Å². The number of carboxylic acid groups (broad SMARTS) is 1. The van der Waals surface area contributed by atoms with Gasteiger partial charge in [0.2, 0.25) is 0 Å². The summed E-state index contributed by atoms with van der Waals surface area (Å²) in [4.78, 5) is 10.5. The lowest BCUT2D eigenvalue weighted by atomic mass is 9.98. The minimum absolute atomic E-state index is 0.0491. The molecule has 1 N–H and O–H groups in total. The number of hydrogen-bond acceptors (Lipinski definition) is 1. The van der Waals surface area contributed by atoms with E-state index in [4.69, 9.17) is 5.11 Å². The van der Waals surface area contributed by atoms with E-state index in [9.17, 15) is 4.79 Å². The van der Waals surface area contributed by atoms with E-state index in [1.807, 2.05) is 31.2 Å². The van der Waals surface area contributed by atoms with Crippen LogP contribution in [0, 0.1) is 0 Å². The molecule has 2 nitrogen and oxygen atoms in total. The van der Waals surface area contributed by atoms with E-state index in [1.165, 1.54) is 0 Å². The zero-order chi connectivity index (χ0) is 9.84. The Morgan fingerprint density at radius 3 is 2.69 bits per heavy atom. The summed E-state index contributed by atoms with van der Waals surface area (Å²) in [6, 6.07) is 7.70. The van der Waals surface area contributed by atoms with Gasteiger partial charge in [0.1, 0.15) is 0 Å². The van der Waals surface area contributed by atoms with Crippen LogP contribution in [0.5, 0.6) is 0 Å². The maximum Gasteiger partial charge on any atom is 0.303 e. The van der Waals surface area contributed by atoms with Crippen molar-refractivity contribution in [2.24, 2.45) is 0 Å². The molecule has 13 heavy (non-hydrogen) atoms. The molecule has 0 spiro atoms. The second-order valence-electron chi connectivity index (χ2n) is 3.02. The molecule has 70 valence electrons. The van der Waals surface area contributed by atoms with E-state index in [1.54, 1.807) is 0 Å². The highest BCUT2D eigenvalue weighted by atomic mass is 79.9. The molecule has 0 heterocycles. The van der Waals surface area contributed by atoms with Gasteiger partial charge >= 0.3 is 5.97 Å². The van der Waals surface area contributed by atoms with Crippen LogP contribution in [0.2, 0.25) is 0 Å². The zero-order valence-electron chi connectivity index (χ0n) is 7.33. The van der Waals surface area contributed by atoms with Gasteiger partial charge in [-0.1, -0.05) is 41.1 Å². The Labute approximate surface area is 85.7 Å². The molecule has 3 heteroatoms. The molecule has 0 aliphatic carbocycles. The smallest absolute Gasteiger partial charge is 0.303 e. The molecule has 0 saturated carbocycles. The quantitative estimate of drug-likeness (QED) is 0.885. The van der Waals surface area contributed by atoms with E-state index in [2.05, 4.69) is 15.9 Å². The Morgan fingerprint density at radius 1 is 1.54 bits per heavy atom. The van der Waals surface area contributed by atoms with Crippen LogP contribution in [0.1, 0.15) is 24.8 Å². The fourth-order valence-electron chi connectivity index (χ4n) is 1.25. The Bertz CT molecular complexity index is 310. The second kappa shape index (κ2) is 4.42. The van der Waals surface area contributed by atoms with Crippen LogP contribution in [0.25, 0.3) is 0 Å². The summed E-state index contributed by atoms with van der Waals surface area (Å²) in [5.74, 6) is -0.712. The van der Waals surface area contributed by atoms with Crippen LogP contribution in [-0.2, 0) is 4.79 Å². The molecule has 1 atom stereocenters. The molecule has 0 fully saturated rings. The van der Waals surface area contributed by atoms with E-state index < -0.39 is 5.97 Å². The van der Waals surface area contributed by atoms with Crippen molar-refractivity contribution < 1.29 is 9.90 Å². The third kappa shape index (κ3) is 2.84. The fourth-order valence-corrected chi connectivity index (χ4v) is 1.92. The molecular formula is C10H11BrO2. The third-order valence-electron chi connectivity index (χ3n) is 1.92. The summed E-state index contributed by atoms with van der Waals surface area (Å²) in [7, 11) is 0. The summed E-state index contributed by atoms with van der Waals surface area (Å²) in [6.07, 6.45) is 0.169. The van der Waals surface area contributed by atoms with Gasteiger partial charge < -0.3 is 5.11 Å². The lowest BCUT2D eigenvalue weighted by Gasteiger charge is -2.10. The van der Waals surface area contributed by atoms with E-state index >= 15 is 0 Å². The number of carbonyl (C=O) groups is 1. The van der Waals surface area contributed by atoms with Gasteiger partial charge in [-0.3, -0.25) is 4.79 Å². The Hall–Kier alpha value is -0.830. The molecule has 1 aromatic rings. The van der Waals surface area contributed by atoms with Crippen molar-refractivity contribution in [3.63, 3.8) is 0 Å². The van der Waals surface area contributed by atoms with Crippen molar-refractivity contribution in [1.29, 1.82) is 0 Å². The standard InChI is InChI=1S/C10H11BrO2/c1-7(6-10(12)13)8-4-2-3-5-9(8)11/h2-5,7H,6H2,1H3,(H,12,13). The molecule has 1 unspecified atom stereocenters. The monoisotopic (exact) mass is 242 g/mol. The number of carboxylic acids is 1. The highest BCUT2D eigenvalue weighted by Crippen LogP contribution is 2.26. The zero-order valence-corrected chi connectivity index (χ0v) is 8.91. The summed E-state index contributed by atoms with van der Waals surface area (Å²) < 4.78 is 0.976. The minimum atomic E-state index is -0.761. The van der Waals surface area contributed by atoms with Crippen LogP contribution in [0.4, 0.5) is 0 Å². The first-order valence-corrected chi connectivity index (χ1v) is 4.86. The predicted molar refractivity (Wildman–Crippen MR) is 54.8 cm³/mol. The molecule has 1 rings (SSSR count). The summed E-state index contributed by atoms with van der Waals surface area (Å²) in [5.41, 5.74) is 1.05. The van der Waals surface area contributed by atoms with Crippen molar-refractivity contribution >= 4 is 21.9 Å². The summed E-state index contributed by atoms with van der Waals surface area (Å²) in [6.45, 7) is 1.91. The molecule has 0 saturated heterocycles. The number of hydrogen-bond donors (Lipinski definition) is 1. The first-order chi connectivity index (χ1) is 6.11. The average Bonchev–Trinajstić information content (AvgIpc) is 2.03. The maximum atomic E-state index is 10.5. The molecule has 0 bridgehead atoms. The van der Waals surface area contributed by atoms with Crippen molar-refractivity contribution in [3.8, 4) is 0 Å². The average molecular weight is 243 g/mol. The van der Waals surface area contributed by atoms with E-state index in [-0.39, 0.29) is 12.3 Å². The SMILES string of the molecule is CC(CC(=O)O)c1ccccc1Br. The number of aliphatic carboxylic acids is 1. The first kappa shape index (κ1) is 10.3. The van der Waals surface area contributed by atoms with Crippen LogP contribution >= 0.6 is 15.9 Å². The summed E-state index contributed by atoms with van der Waals surface area (Å²) >= 11 is 3.39. The van der Waals surface area contributed by atoms with Crippen molar-refractivity contribution in [3.05, 3.63) is 34.3 Å². The molecule has 0 amide bonds. The van der Waals surface area contributed by atoms with Crippen LogP contribution in [-0.4, -0.2) is 11.1 Å². The van der Waals surface area contributed by atoms with Crippen LogP contribution < -0.4 is 0 Å². The largest absolute Gasteiger partial charge is 0.481 e. The van der Waals surface area contributed by atoms with Gasteiger partial charge in [-0.05, 0) is 17.5 Å². The third-order valence-corrected chi connectivity index (χ3v) is 2.64. The number of benzene rings is 1. The predicted octanol–water partition coefficient (Wildman–Crippen LogP) is 3.03. The molecular weight excluding hydrogens is 232 g/mol. The molecule has 0 radical (unpaired) electrons. The maximum absolute atomic E-state index is 10.5. The Kier molecular flexibility index (Phi) is 3.48. The fraction of sp³-hybridized carbons (Fsp3) is 0.300. The van der Waals surface area contributed by atoms with E-state index in [0.29, 0.717) is 0 Å². The van der Waals surface area contributed by atoms with Gasteiger partial charge in [0.15, 0.2) is 0 Å². The van der Waals surface area contributed by atoms with Gasteiger partial charge in [0.05, 0.1) is 6.42 Å². The van der Waals surface area contributed by atoms with Crippen LogP contribution in [0.3, 0.4) is 0 Å². The van der Waals surface area contributed by atoms with Crippen molar-refractivity contribution in [2.45, 2.75) is 19.3 Å². The van der Waals surface area contributed by atoms with Gasteiger partial charge in [0.25, 0.3) is 0 Å². The molecule has 1 aromatic carbocycles. The number of rotatable bonds is 3.